The van der Waals surface area contributed by atoms with E-state index in [0.717, 1.165) is 24.0 Å². The molecule has 0 saturated carbocycles. The highest BCUT2D eigenvalue weighted by molar-refractivity contribution is 7.89. The Kier molecular flexibility index (Phi) is 6.13. The van der Waals surface area contributed by atoms with E-state index in [4.69, 9.17) is 4.74 Å². The lowest BCUT2D eigenvalue weighted by molar-refractivity contribution is -0.123. The topological polar surface area (TPSA) is 75.7 Å². The Morgan fingerprint density at radius 1 is 1.07 bits per heavy atom. The fourth-order valence-electron chi connectivity index (χ4n) is 2.97. The lowest BCUT2D eigenvalue weighted by Crippen LogP contribution is -2.29. The van der Waals surface area contributed by atoms with E-state index in [2.05, 4.69) is 5.32 Å². The zero-order valence-corrected chi connectivity index (χ0v) is 16.2. The Balaban J connectivity index is 1.51. The molecule has 27 heavy (non-hydrogen) atoms. The van der Waals surface area contributed by atoms with Gasteiger partial charge in [0.15, 0.2) is 6.61 Å². The molecular formula is C20H24N2O4S. The average molecular weight is 388 g/mol. The van der Waals surface area contributed by atoms with Crippen LogP contribution < -0.4 is 10.1 Å². The molecule has 1 aliphatic rings. The molecule has 7 heteroatoms. The van der Waals surface area contributed by atoms with Crippen LogP contribution in [0.1, 0.15) is 24.0 Å². The van der Waals surface area contributed by atoms with Crippen molar-refractivity contribution in [3.8, 4) is 5.75 Å². The van der Waals surface area contributed by atoms with Crippen molar-refractivity contribution in [2.24, 2.45) is 0 Å². The van der Waals surface area contributed by atoms with Gasteiger partial charge in [0.2, 0.25) is 10.0 Å². The van der Waals surface area contributed by atoms with Gasteiger partial charge in [0.05, 0.1) is 4.90 Å². The number of amides is 1. The highest BCUT2D eigenvalue weighted by Crippen LogP contribution is 2.21. The summed E-state index contributed by atoms with van der Waals surface area (Å²) in [6, 6.07) is 14.2. The van der Waals surface area contributed by atoms with Gasteiger partial charge < -0.3 is 10.1 Å². The molecule has 1 aliphatic heterocycles. The third kappa shape index (κ3) is 4.87. The summed E-state index contributed by atoms with van der Waals surface area (Å²) in [6.45, 7) is 3.35. The Bertz CT molecular complexity index is 888. The van der Waals surface area contributed by atoms with Gasteiger partial charge >= 0.3 is 0 Å². The third-order valence-electron chi connectivity index (χ3n) is 4.57. The van der Waals surface area contributed by atoms with Crippen LogP contribution in [0.5, 0.6) is 5.75 Å². The molecule has 0 radical (unpaired) electrons. The van der Waals surface area contributed by atoms with Gasteiger partial charge in [-0.15, -0.1) is 0 Å². The Labute approximate surface area is 160 Å². The van der Waals surface area contributed by atoms with Crippen molar-refractivity contribution >= 4 is 15.9 Å². The number of ether oxygens (including phenoxy) is 1. The summed E-state index contributed by atoms with van der Waals surface area (Å²) in [4.78, 5) is 12.3. The molecule has 0 aromatic heterocycles. The van der Waals surface area contributed by atoms with E-state index in [1.54, 1.807) is 24.3 Å². The van der Waals surface area contributed by atoms with Crippen LogP contribution >= 0.6 is 0 Å². The van der Waals surface area contributed by atoms with Crippen molar-refractivity contribution in [2.45, 2.75) is 31.2 Å². The highest BCUT2D eigenvalue weighted by atomic mass is 32.2. The van der Waals surface area contributed by atoms with Gasteiger partial charge in [-0.2, -0.15) is 4.31 Å². The summed E-state index contributed by atoms with van der Waals surface area (Å²) in [7, 11) is -3.40. The van der Waals surface area contributed by atoms with Gasteiger partial charge in [0.1, 0.15) is 5.75 Å². The van der Waals surface area contributed by atoms with Gasteiger partial charge in [-0.3, -0.25) is 4.79 Å². The number of hydrogen-bond donors (Lipinski definition) is 1. The highest BCUT2D eigenvalue weighted by Gasteiger charge is 2.26. The average Bonchev–Trinajstić information content (AvgIpc) is 3.22. The van der Waals surface area contributed by atoms with Crippen LogP contribution in [0.15, 0.2) is 53.4 Å². The molecule has 1 N–H and O–H groups in total. The molecule has 6 nitrogen and oxygen atoms in total. The van der Waals surface area contributed by atoms with E-state index in [1.807, 2.05) is 31.2 Å². The van der Waals surface area contributed by atoms with Crippen molar-refractivity contribution in [1.29, 1.82) is 0 Å². The standard InChI is InChI=1S/C20H24N2O4S/c1-16-6-2-3-7-19(16)26-15-20(23)21-14-17-8-10-18(11-9-17)27(24,25)22-12-4-5-13-22/h2-3,6-11H,4-5,12-15H2,1H3,(H,21,23). The van der Waals surface area contributed by atoms with E-state index in [0.29, 0.717) is 30.3 Å². The number of benzene rings is 2. The first kappa shape index (κ1) is 19.4. The van der Waals surface area contributed by atoms with Gasteiger partial charge in [0, 0.05) is 19.6 Å². The smallest absolute Gasteiger partial charge is 0.258 e. The minimum Gasteiger partial charge on any atom is -0.484 e. The normalized spacial score (nSPS) is 14.9. The molecule has 0 spiro atoms. The zero-order valence-electron chi connectivity index (χ0n) is 15.3. The Morgan fingerprint density at radius 2 is 1.74 bits per heavy atom. The van der Waals surface area contributed by atoms with Crippen molar-refractivity contribution < 1.29 is 17.9 Å². The fourth-order valence-corrected chi connectivity index (χ4v) is 4.49. The number of carbonyl (C=O) groups excluding carboxylic acids is 1. The second-order valence-electron chi connectivity index (χ2n) is 6.59. The first-order valence-corrected chi connectivity index (χ1v) is 10.4. The van der Waals surface area contributed by atoms with E-state index in [1.165, 1.54) is 4.31 Å². The fraction of sp³-hybridized carbons (Fsp3) is 0.350. The minimum absolute atomic E-state index is 0.0632. The third-order valence-corrected chi connectivity index (χ3v) is 6.48. The molecule has 1 amide bonds. The summed E-state index contributed by atoms with van der Waals surface area (Å²) in [5, 5.41) is 2.78. The molecule has 1 heterocycles. The van der Waals surface area contributed by atoms with E-state index in [-0.39, 0.29) is 12.5 Å². The molecule has 3 rings (SSSR count). The molecule has 144 valence electrons. The predicted octanol–water partition coefficient (Wildman–Crippen LogP) is 2.47. The monoisotopic (exact) mass is 388 g/mol. The number of para-hydroxylation sites is 1. The molecular weight excluding hydrogens is 364 g/mol. The Hall–Kier alpha value is -2.38. The second-order valence-corrected chi connectivity index (χ2v) is 8.52. The molecule has 0 unspecified atom stereocenters. The zero-order chi connectivity index (χ0) is 19.3. The maximum atomic E-state index is 12.5. The number of nitrogens with one attached hydrogen (secondary N) is 1. The minimum atomic E-state index is -3.40. The van der Waals surface area contributed by atoms with Gasteiger partial charge in [-0.1, -0.05) is 30.3 Å². The summed E-state index contributed by atoms with van der Waals surface area (Å²) >= 11 is 0. The van der Waals surface area contributed by atoms with Crippen LogP contribution in [0.2, 0.25) is 0 Å². The molecule has 2 aromatic carbocycles. The first-order valence-electron chi connectivity index (χ1n) is 9.01. The quantitative estimate of drug-likeness (QED) is 0.791. The van der Waals surface area contributed by atoms with Crippen LogP contribution in [0.3, 0.4) is 0 Å². The number of carbonyl (C=O) groups is 1. The molecule has 0 atom stereocenters. The second kappa shape index (κ2) is 8.54. The van der Waals surface area contributed by atoms with Crippen LogP contribution in [0.25, 0.3) is 0 Å². The lowest BCUT2D eigenvalue weighted by Gasteiger charge is -2.15. The van der Waals surface area contributed by atoms with Crippen LogP contribution in [-0.2, 0) is 21.4 Å². The first-order chi connectivity index (χ1) is 13.0. The van der Waals surface area contributed by atoms with Crippen LogP contribution in [-0.4, -0.2) is 38.3 Å². The van der Waals surface area contributed by atoms with Crippen molar-refractivity contribution in [1.82, 2.24) is 9.62 Å². The predicted molar refractivity (Wildman–Crippen MR) is 103 cm³/mol. The van der Waals surface area contributed by atoms with Gasteiger partial charge in [-0.05, 0) is 49.1 Å². The summed E-state index contributed by atoms with van der Waals surface area (Å²) in [6.07, 6.45) is 1.82. The molecule has 1 saturated heterocycles. The lowest BCUT2D eigenvalue weighted by atomic mass is 10.2. The molecule has 0 aliphatic carbocycles. The summed E-state index contributed by atoms with van der Waals surface area (Å²) < 4.78 is 32.0. The molecule has 0 bridgehead atoms. The van der Waals surface area contributed by atoms with Crippen LogP contribution in [0.4, 0.5) is 0 Å². The maximum Gasteiger partial charge on any atom is 0.258 e. The number of rotatable bonds is 7. The van der Waals surface area contributed by atoms with Crippen LogP contribution in [0, 0.1) is 6.92 Å². The molecule has 2 aromatic rings. The van der Waals surface area contributed by atoms with E-state index in [9.17, 15) is 13.2 Å². The number of hydrogen-bond acceptors (Lipinski definition) is 4. The number of sulfonamides is 1. The maximum absolute atomic E-state index is 12.5. The molecule has 1 fully saturated rings. The van der Waals surface area contributed by atoms with Gasteiger partial charge in [-0.25, -0.2) is 8.42 Å². The van der Waals surface area contributed by atoms with Gasteiger partial charge in [0.25, 0.3) is 5.91 Å². The van der Waals surface area contributed by atoms with Crippen molar-refractivity contribution in [3.63, 3.8) is 0 Å². The number of aryl methyl sites for hydroxylation is 1. The van der Waals surface area contributed by atoms with E-state index >= 15 is 0 Å². The van der Waals surface area contributed by atoms with Crippen molar-refractivity contribution in [2.75, 3.05) is 19.7 Å². The largest absolute Gasteiger partial charge is 0.484 e. The summed E-state index contributed by atoms with van der Waals surface area (Å²) in [5.41, 5.74) is 1.81. The number of nitrogens with zero attached hydrogens (tertiary/aromatic N) is 1. The SMILES string of the molecule is Cc1ccccc1OCC(=O)NCc1ccc(S(=O)(=O)N2CCCC2)cc1. The summed E-state index contributed by atoms with van der Waals surface area (Å²) in [5.74, 6) is 0.455. The Morgan fingerprint density at radius 3 is 2.41 bits per heavy atom. The van der Waals surface area contributed by atoms with E-state index < -0.39 is 10.0 Å². The van der Waals surface area contributed by atoms with Crippen molar-refractivity contribution in [3.05, 3.63) is 59.7 Å².